The molecule has 0 aromatic heterocycles. The molecule has 1 saturated carbocycles. The van der Waals surface area contributed by atoms with E-state index >= 15 is 0 Å². The summed E-state index contributed by atoms with van der Waals surface area (Å²) in [4.78, 5) is 0. The van der Waals surface area contributed by atoms with E-state index in [-0.39, 0.29) is 0 Å². The van der Waals surface area contributed by atoms with Gasteiger partial charge in [-0.05, 0) is 24.7 Å². The molecule has 0 amide bonds. The van der Waals surface area contributed by atoms with Gasteiger partial charge in [0, 0.05) is 5.25 Å². The molecular weight excluding hydrogens is 140 g/mol. The topological polar surface area (TPSA) is 0 Å². The molecule has 1 heteroatoms. The lowest BCUT2D eigenvalue weighted by molar-refractivity contribution is 0.296. The van der Waals surface area contributed by atoms with Crippen LogP contribution < -0.4 is 0 Å². The third-order valence-electron chi connectivity index (χ3n) is 2.74. The molecule has 60 valence electrons. The summed E-state index contributed by atoms with van der Waals surface area (Å²) < 4.78 is 0. The van der Waals surface area contributed by atoms with E-state index in [4.69, 9.17) is 0 Å². The molecule has 0 radical (unpaired) electrons. The molecule has 10 heavy (non-hydrogen) atoms. The quantitative estimate of drug-likeness (QED) is 0.557. The van der Waals surface area contributed by atoms with Crippen molar-refractivity contribution in [3.8, 4) is 0 Å². The van der Waals surface area contributed by atoms with Crippen LogP contribution >= 0.6 is 12.6 Å². The minimum atomic E-state index is 0.689. The first kappa shape index (κ1) is 8.45. The van der Waals surface area contributed by atoms with Crippen LogP contribution in [0.4, 0.5) is 0 Å². The third kappa shape index (κ3) is 1.91. The van der Waals surface area contributed by atoms with Crippen LogP contribution in [0.2, 0.25) is 0 Å². The summed E-state index contributed by atoms with van der Waals surface area (Å²) >= 11 is 4.60. The van der Waals surface area contributed by atoms with Crippen molar-refractivity contribution in [2.75, 3.05) is 0 Å². The Kier molecular flexibility index (Phi) is 3.09. The molecule has 0 nitrogen and oxygen atoms in total. The molecule has 1 aliphatic carbocycles. The molecule has 0 N–H and O–H groups in total. The van der Waals surface area contributed by atoms with Crippen molar-refractivity contribution in [1.82, 2.24) is 0 Å². The molecule has 1 rings (SSSR count). The molecule has 0 heterocycles. The van der Waals surface area contributed by atoms with Crippen LogP contribution in [0.15, 0.2) is 0 Å². The normalized spacial score (nSPS) is 41.7. The fourth-order valence-electron chi connectivity index (χ4n) is 1.89. The first-order valence-electron chi connectivity index (χ1n) is 4.42. The Morgan fingerprint density at radius 1 is 1.40 bits per heavy atom. The maximum Gasteiger partial charge on any atom is 0.00475 e. The second kappa shape index (κ2) is 3.66. The monoisotopic (exact) mass is 158 g/mol. The van der Waals surface area contributed by atoms with Gasteiger partial charge in [-0.1, -0.05) is 26.7 Å². The van der Waals surface area contributed by atoms with Gasteiger partial charge in [-0.2, -0.15) is 12.6 Å². The van der Waals surface area contributed by atoms with E-state index in [0.717, 1.165) is 11.8 Å². The van der Waals surface area contributed by atoms with Crippen LogP contribution in [-0.4, -0.2) is 5.25 Å². The Bertz CT molecular complexity index is 101. The van der Waals surface area contributed by atoms with Gasteiger partial charge >= 0.3 is 0 Å². The summed E-state index contributed by atoms with van der Waals surface area (Å²) in [6, 6.07) is 0. The van der Waals surface area contributed by atoms with E-state index in [1.807, 2.05) is 0 Å². The fourth-order valence-corrected chi connectivity index (χ4v) is 2.61. The fraction of sp³-hybridized carbons (Fsp3) is 1.00. The van der Waals surface area contributed by atoms with Crippen LogP contribution in [0.1, 0.15) is 39.5 Å². The highest BCUT2D eigenvalue weighted by Crippen LogP contribution is 2.33. The molecule has 1 fully saturated rings. The summed E-state index contributed by atoms with van der Waals surface area (Å²) in [6.07, 6.45) is 5.49. The first-order chi connectivity index (χ1) is 4.74. The maximum atomic E-state index is 4.60. The highest BCUT2D eigenvalue weighted by Gasteiger charge is 2.23. The zero-order valence-electron chi connectivity index (χ0n) is 7.01. The van der Waals surface area contributed by atoms with Gasteiger partial charge in [-0.15, -0.1) is 0 Å². The molecule has 0 aliphatic heterocycles. The predicted octanol–water partition coefficient (Wildman–Crippen LogP) is 3.13. The van der Waals surface area contributed by atoms with Crippen molar-refractivity contribution in [3.05, 3.63) is 0 Å². The van der Waals surface area contributed by atoms with Crippen molar-refractivity contribution in [3.63, 3.8) is 0 Å². The summed E-state index contributed by atoms with van der Waals surface area (Å²) in [5.74, 6) is 1.82. The molecule has 0 aromatic carbocycles. The van der Waals surface area contributed by atoms with Gasteiger partial charge < -0.3 is 0 Å². The van der Waals surface area contributed by atoms with Crippen molar-refractivity contribution in [2.45, 2.75) is 44.8 Å². The van der Waals surface area contributed by atoms with Crippen LogP contribution in [0.3, 0.4) is 0 Å². The molecule has 0 spiro atoms. The highest BCUT2D eigenvalue weighted by molar-refractivity contribution is 7.81. The summed E-state index contributed by atoms with van der Waals surface area (Å²) in [7, 11) is 0. The molecule has 1 aliphatic rings. The van der Waals surface area contributed by atoms with Crippen LogP contribution in [0.5, 0.6) is 0 Å². The Balaban J connectivity index is 2.36. The van der Waals surface area contributed by atoms with E-state index in [9.17, 15) is 0 Å². The number of rotatable bonds is 1. The second-order valence-corrected chi connectivity index (χ2v) is 4.32. The minimum Gasteiger partial charge on any atom is -0.176 e. The molecule has 3 atom stereocenters. The maximum absolute atomic E-state index is 4.60. The molecule has 0 saturated heterocycles. The smallest absolute Gasteiger partial charge is 0.00475 e. The lowest BCUT2D eigenvalue weighted by atomic mass is 9.81. The highest BCUT2D eigenvalue weighted by atomic mass is 32.1. The summed E-state index contributed by atoms with van der Waals surface area (Å²) in [6.45, 7) is 4.62. The van der Waals surface area contributed by atoms with Crippen LogP contribution in [-0.2, 0) is 0 Å². The van der Waals surface area contributed by atoms with Crippen molar-refractivity contribution < 1.29 is 0 Å². The third-order valence-corrected chi connectivity index (χ3v) is 3.38. The second-order valence-electron chi connectivity index (χ2n) is 3.65. The van der Waals surface area contributed by atoms with Gasteiger partial charge in [-0.3, -0.25) is 0 Å². The van der Waals surface area contributed by atoms with E-state index in [1.54, 1.807) is 0 Å². The predicted molar refractivity (Wildman–Crippen MR) is 49.6 cm³/mol. The number of thiol groups is 1. The van der Waals surface area contributed by atoms with Crippen molar-refractivity contribution >= 4 is 12.6 Å². The van der Waals surface area contributed by atoms with E-state index in [2.05, 4.69) is 26.5 Å². The molecule has 0 aromatic rings. The largest absolute Gasteiger partial charge is 0.176 e. The van der Waals surface area contributed by atoms with Gasteiger partial charge in [0.25, 0.3) is 0 Å². The molecule has 3 unspecified atom stereocenters. The van der Waals surface area contributed by atoms with Gasteiger partial charge in [-0.25, -0.2) is 0 Å². The van der Waals surface area contributed by atoms with E-state index in [0.29, 0.717) is 5.25 Å². The van der Waals surface area contributed by atoms with Gasteiger partial charge in [0.15, 0.2) is 0 Å². The van der Waals surface area contributed by atoms with Crippen LogP contribution in [0, 0.1) is 11.8 Å². The van der Waals surface area contributed by atoms with E-state index < -0.39 is 0 Å². The van der Waals surface area contributed by atoms with Gasteiger partial charge in [0.2, 0.25) is 0 Å². The van der Waals surface area contributed by atoms with Crippen LogP contribution in [0.25, 0.3) is 0 Å². The number of hydrogen-bond acceptors (Lipinski definition) is 1. The van der Waals surface area contributed by atoms with E-state index in [1.165, 1.54) is 25.7 Å². The lowest BCUT2D eigenvalue weighted by Gasteiger charge is -2.30. The minimum absolute atomic E-state index is 0.689. The molecular formula is C9H18S. The average Bonchev–Trinajstić information content (AvgIpc) is 1.88. The van der Waals surface area contributed by atoms with Crippen molar-refractivity contribution in [1.29, 1.82) is 0 Å². The summed E-state index contributed by atoms with van der Waals surface area (Å²) in [5, 5.41) is 0.689. The molecule has 0 bridgehead atoms. The Hall–Kier alpha value is 0.350. The Morgan fingerprint density at radius 2 is 2.10 bits per heavy atom. The number of hydrogen-bond donors (Lipinski definition) is 1. The zero-order valence-corrected chi connectivity index (χ0v) is 7.90. The summed E-state index contributed by atoms with van der Waals surface area (Å²) in [5.41, 5.74) is 0. The standard InChI is InChI=1S/C9H18S/c1-3-8-5-4-7(2)6-9(8)10/h7-10H,3-6H2,1-2H3. The SMILES string of the molecule is CCC1CCC(C)CC1S. The van der Waals surface area contributed by atoms with Gasteiger partial charge in [0.05, 0.1) is 0 Å². The lowest BCUT2D eigenvalue weighted by Crippen LogP contribution is -2.23. The Labute approximate surface area is 69.8 Å². The average molecular weight is 158 g/mol. The first-order valence-corrected chi connectivity index (χ1v) is 4.93. The van der Waals surface area contributed by atoms with Gasteiger partial charge in [0.1, 0.15) is 0 Å². The van der Waals surface area contributed by atoms with Crippen molar-refractivity contribution in [2.24, 2.45) is 11.8 Å². The Morgan fingerprint density at radius 3 is 2.60 bits per heavy atom. The zero-order chi connectivity index (χ0) is 7.56.